The lowest BCUT2D eigenvalue weighted by molar-refractivity contribution is 0.190. The van der Waals surface area contributed by atoms with Gasteiger partial charge in [-0.25, -0.2) is 0 Å². The zero-order valence-corrected chi connectivity index (χ0v) is 13.0. The van der Waals surface area contributed by atoms with E-state index in [9.17, 15) is 0 Å². The van der Waals surface area contributed by atoms with Crippen molar-refractivity contribution in [3.05, 3.63) is 65.0 Å². The van der Waals surface area contributed by atoms with Crippen LogP contribution >= 0.6 is 11.6 Å². The fourth-order valence-electron chi connectivity index (χ4n) is 1.99. The number of para-hydroxylation sites is 1. The molecule has 0 amide bonds. The molecular formula is C17H15ClN2O2. The fraction of sp³-hybridized carbons (Fsp3) is 0.176. The van der Waals surface area contributed by atoms with Crippen LogP contribution in [-0.4, -0.2) is 10.2 Å². The van der Waals surface area contributed by atoms with Crippen molar-refractivity contribution in [2.45, 2.75) is 20.0 Å². The summed E-state index contributed by atoms with van der Waals surface area (Å²) in [5.74, 6) is 1.48. The molecule has 0 spiro atoms. The van der Waals surface area contributed by atoms with Crippen molar-refractivity contribution in [2.24, 2.45) is 0 Å². The van der Waals surface area contributed by atoms with Gasteiger partial charge in [-0.15, -0.1) is 10.2 Å². The molecule has 0 aliphatic rings. The van der Waals surface area contributed by atoms with Gasteiger partial charge in [0.15, 0.2) is 6.10 Å². The summed E-state index contributed by atoms with van der Waals surface area (Å²) in [6, 6.07) is 15.2. The van der Waals surface area contributed by atoms with Gasteiger partial charge in [0.05, 0.1) is 5.02 Å². The lowest BCUT2D eigenvalue weighted by Crippen LogP contribution is -2.03. The molecule has 1 atom stereocenters. The van der Waals surface area contributed by atoms with Crippen molar-refractivity contribution in [1.82, 2.24) is 10.2 Å². The third-order valence-corrected chi connectivity index (χ3v) is 3.54. The van der Waals surface area contributed by atoms with Gasteiger partial charge < -0.3 is 9.15 Å². The molecule has 3 rings (SSSR count). The third kappa shape index (κ3) is 3.12. The van der Waals surface area contributed by atoms with Crippen LogP contribution in [0.3, 0.4) is 0 Å². The van der Waals surface area contributed by atoms with Crippen molar-refractivity contribution in [1.29, 1.82) is 0 Å². The van der Waals surface area contributed by atoms with E-state index in [0.29, 0.717) is 22.6 Å². The first-order chi connectivity index (χ1) is 10.6. The molecule has 4 nitrogen and oxygen atoms in total. The second kappa shape index (κ2) is 6.20. The summed E-state index contributed by atoms with van der Waals surface area (Å²) in [5, 5.41) is 8.68. The first-order valence-corrected chi connectivity index (χ1v) is 7.33. The van der Waals surface area contributed by atoms with E-state index in [4.69, 9.17) is 20.8 Å². The summed E-state index contributed by atoms with van der Waals surface area (Å²) in [5.41, 5.74) is 2.06. The van der Waals surface area contributed by atoms with E-state index >= 15 is 0 Å². The number of aryl methyl sites for hydroxylation is 1. The monoisotopic (exact) mass is 314 g/mol. The maximum Gasteiger partial charge on any atom is 0.257 e. The number of aromatic nitrogens is 2. The molecule has 0 saturated carbocycles. The zero-order valence-electron chi connectivity index (χ0n) is 12.3. The van der Waals surface area contributed by atoms with Crippen LogP contribution in [0.25, 0.3) is 11.5 Å². The minimum Gasteiger partial charge on any atom is -0.479 e. The van der Waals surface area contributed by atoms with Crippen molar-refractivity contribution >= 4 is 11.6 Å². The molecule has 112 valence electrons. The van der Waals surface area contributed by atoms with Gasteiger partial charge in [0.1, 0.15) is 5.75 Å². The average Bonchev–Trinajstić information content (AvgIpc) is 3.00. The molecule has 1 aromatic heterocycles. The molecule has 2 aromatic carbocycles. The van der Waals surface area contributed by atoms with Crippen LogP contribution in [0.5, 0.6) is 5.75 Å². The Bertz CT molecular complexity index is 768. The predicted molar refractivity (Wildman–Crippen MR) is 85.0 cm³/mol. The molecule has 0 radical (unpaired) electrons. The molecule has 0 aliphatic carbocycles. The van der Waals surface area contributed by atoms with Crippen LogP contribution in [0.15, 0.2) is 52.9 Å². The number of nitrogens with zero attached hydrogens (tertiary/aromatic N) is 2. The van der Waals surface area contributed by atoms with Gasteiger partial charge in [-0.2, -0.15) is 0 Å². The molecule has 5 heteroatoms. The first kappa shape index (κ1) is 14.6. The molecule has 3 aromatic rings. The van der Waals surface area contributed by atoms with E-state index in [1.54, 1.807) is 12.1 Å². The molecule has 1 heterocycles. The van der Waals surface area contributed by atoms with Crippen LogP contribution in [0.4, 0.5) is 0 Å². The Labute approximate surface area is 133 Å². The average molecular weight is 315 g/mol. The van der Waals surface area contributed by atoms with Crippen molar-refractivity contribution in [2.75, 3.05) is 0 Å². The lowest BCUT2D eigenvalue weighted by Gasteiger charge is -2.11. The molecular weight excluding hydrogens is 300 g/mol. The molecule has 0 saturated heterocycles. The van der Waals surface area contributed by atoms with Crippen molar-refractivity contribution < 1.29 is 9.15 Å². The highest BCUT2D eigenvalue weighted by Gasteiger charge is 2.17. The summed E-state index contributed by atoms with van der Waals surface area (Å²) < 4.78 is 11.5. The van der Waals surface area contributed by atoms with Crippen molar-refractivity contribution in [3.8, 4) is 17.2 Å². The normalized spacial score (nSPS) is 12.1. The van der Waals surface area contributed by atoms with Crippen LogP contribution in [0.2, 0.25) is 5.02 Å². The first-order valence-electron chi connectivity index (χ1n) is 6.95. The quantitative estimate of drug-likeness (QED) is 0.691. The Balaban J connectivity index is 1.78. The van der Waals surface area contributed by atoms with Gasteiger partial charge in [0, 0.05) is 5.56 Å². The number of halogens is 1. The standard InChI is InChI=1S/C17H15ClN2O2/c1-11-7-9-13(10-8-11)17-20-19-16(22-17)12(2)21-15-6-4-3-5-14(15)18/h3-10,12H,1-2H3/t12-/m0/s1. The smallest absolute Gasteiger partial charge is 0.257 e. The summed E-state index contributed by atoms with van der Waals surface area (Å²) in [6.07, 6.45) is -0.383. The molecule has 0 bridgehead atoms. The largest absolute Gasteiger partial charge is 0.479 e. The van der Waals surface area contributed by atoms with Gasteiger partial charge >= 0.3 is 0 Å². The van der Waals surface area contributed by atoms with E-state index in [0.717, 1.165) is 5.56 Å². The van der Waals surface area contributed by atoms with Crippen molar-refractivity contribution in [3.63, 3.8) is 0 Å². The number of rotatable bonds is 4. The summed E-state index contributed by atoms with van der Waals surface area (Å²) in [4.78, 5) is 0. The Morgan fingerprint density at radius 3 is 2.50 bits per heavy atom. The van der Waals surface area contributed by atoms with Gasteiger partial charge in [0.2, 0.25) is 5.89 Å². The number of ether oxygens (including phenoxy) is 1. The van der Waals surface area contributed by atoms with Gasteiger partial charge in [-0.1, -0.05) is 41.4 Å². The highest BCUT2D eigenvalue weighted by molar-refractivity contribution is 6.32. The van der Waals surface area contributed by atoms with Gasteiger partial charge in [-0.3, -0.25) is 0 Å². The molecule has 0 aliphatic heterocycles. The van der Waals surface area contributed by atoms with E-state index in [-0.39, 0.29) is 6.10 Å². The minimum atomic E-state index is -0.383. The Morgan fingerprint density at radius 1 is 1.05 bits per heavy atom. The van der Waals surface area contributed by atoms with E-state index < -0.39 is 0 Å². The van der Waals surface area contributed by atoms with E-state index in [2.05, 4.69) is 10.2 Å². The van der Waals surface area contributed by atoms with Crippen LogP contribution in [0, 0.1) is 6.92 Å². The Kier molecular flexibility index (Phi) is 4.11. The number of hydrogen-bond donors (Lipinski definition) is 0. The van der Waals surface area contributed by atoms with E-state index in [1.807, 2.05) is 50.2 Å². The van der Waals surface area contributed by atoms with Gasteiger partial charge in [-0.05, 0) is 38.1 Å². The summed E-state index contributed by atoms with van der Waals surface area (Å²) in [7, 11) is 0. The Hall–Kier alpha value is -2.33. The Morgan fingerprint density at radius 2 is 1.77 bits per heavy atom. The maximum absolute atomic E-state index is 6.08. The van der Waals surface area contributed by atoms with Crippen LogP contribution in [0.1, 0.15) is 24.5 Å². The van der Waals surface area contributed by atoms with Crippen LogP contribution < -0.4 is 4.74 Å². The summed E-state index contributed by atoms with van der Waals surface area (Å²) in [6.45, 7) is 3.87. The highest BCUT2D eigenvalue weighted by atomic mass is 35.5. The molecule has 0 unspecified atom stereocenters. The second-order valence-corrected chi connectivity index (χ2v) is 5.41. The fourth-order valence-corrected chi connectivity index (χ4v) is 2.17. The molecule has 0 N–H and O–H groups in total. The van der Waals surface area contributed by atoms with Crippen LogP contribution in [-0.2, 0) is 0 Å². The predicted octanol–water partition coefficient (Wildman–Crippen LogP) is 4.84. The highest BCUT2D eigenvalue weighted by Crippen LogP contribution is 2.29. The maximum atomic E-state index is 6.08. The molecule has 0 fully saturated rings. The summed E-state index contributed by atoms with van der Waals surface area (Å²) >= 11 is 6.08. The number of hydrogen-bond acceptors (Lipinski definition) is 4. The zero-order chi connectivity index (χ0) is 15.5. The number of benzene rings is 2. The van der Waals surface area contributed by atoms with E-state index in [1.165, 1.54) is 5.56 Å². The second-order valence-electron chi connectivity index (χ2n) is 5.00. The minimum absolute atomic E-state index is 0.383. The third-order valence-electron chi connectivity index (χ3n) is 3.23. The van der Waals surface area contributed by atoms with Gasteiger partial charge in [0.25, 0.3) is 5.89 Å². The SMILES string of the molecule is Cc1ccc(-c2nnc([C@H](C)Oc3ccccc3Cl)o2)cc1. The lowest BCUT2D eigenvalue weighted by atomic mass is 10.1. The topological polar surface area (TPSA) is 48.2 Å². The molecule has 22 heavy (non-hydrogen) atoms.